The molecule has 0 unspecified atom stereocenters. The monoisotopic (exact) mass is 595 g/mol. The van der Waals surface area contributed by atoms with E-state index in [4.69, 9.17) is 14.2 Å². The van der Waals surface area contributed by atoms with Gasteiger partial charge in [-0.25, -0.2) is 9.78 Å². The zero-order valence-electron chi connectivity index (χ0n) is 24.4. The predicted molar refractivity (Wildman–Crippen MR) is 151 cm³/mol. The summed E-state index contributed by atoms with van der Waals surface area (Å²) in [5.41, 5.74) is 0.632. The number of likely N-dealkylation sites (tertiary alicyclic amines) is 1. The maximum Gasteiger partial charge on any atom is 0.334 e. The highest BCUT2D eigenvalue weighted by molar-refractivity contribution is 5.86. The Morgan fingerprint density at radius 3 is 2.86 bits per heavy atom. The van der Waals surface area contributed by atoms with Gasteiger partial charge in [-0.15, -0.1) is 0 Å². The van der Waals surface area contributed by atoms with Crippen LogP contribution in [0, 0.1) is 0 Å². The van der Waals surface area contributed by atoms with Crippen LogP contribution in [-0.2, 0) is 37.4 Å². The minimum Gasteiger partial charge on any atom is -0.493 e. The number of ether oxygens (including phenoxy) is 3. The summed E-state index contributed by atoms with van der Waals surface area (Å²) >= 11 is 0. The van der Waals surface area contributed by atoms with Crippen molar-refractivity contribution >= 4 is 17.8 Å². The molecular weight excluding hydrogens is 558 g/mol. The summed E-state index contributed by atoms with van der Waals surface area (Å²) in [6.07, 6.45) is 4.30. The van der Waals surface area contributed by atoms with Crippen LogP contribution in [0.25, 0.3) is 0 Å². The molecule has 0 saturated carbocycles. The first-order valence-electron chi connectivity index (χ1n) is 14.5. The second-order valence-electron chi connectivity index (χ2n) is 11.8. The second-order valence-corrected chi connectivity index (χ2v) is 11.8. The van der Waals surface area contributed by atoms with Gasteiger partial charge in [0.15, 0.2) is 17.6 Å². The van der Waals surface area contributed by atoms with Gasteiger partial charge in [0.05, 0.1) is 24.5 Å². The van der Waals surface area contributed by atoms with Crippen LogP contribution in [0.15, 0.2) is 36.5 Å². The number of methoxy groups -OCH3 is 1. The minimum atomic E-state index is -1.20. The third kappa shape index (κ3) is 4.66. The Labute approximate surface area is 248 Å². The lowest BCUT2D eigenvalue weighted by Gasteiger charge is -2.61. The van der Waals surface area contributed by atoms with Crippen molar-refractivity contribution in [1.29, 1.82) is 0 Å². The summed E-state index contributed by atoms with van der Waals surface area (Å²) in [5, 5.41) is 26.9. The van der Waals surface area contributed by atoms with E-state index in [0.717, 1.165) is 17.7 Å². The maximum atomic E-state index is 13.7. The number of imidazole rings is 1. The number of hydrogen-bond donors (Lipinski definition) is 5. The van der Waals surface area contributed by atoms with E-state index >= 15 is 0 Å². The van der Waals surface area contributed by atoms with Crippen molar-refractivity contribution in [2.45, 2.75) is 74.3 Å². The first-order valence-corrected chi connectivity index (χ1v) is 14.5. The molecule has 6 atom stereocenters. The highest BCUT2D eigenvalue weighted by Gasteiger charge is 2.72. The van der Waals surface area contributed by atoms with Crippen LogP contribution in [-0.4, -0.2) is 100 Å². The molecule has 13 heteroatoms. The van der Waals surface area contributed by atoms with Crippen LogP contribution in [0.2, 0.25) is 0 Å². The molecular formula is C30H37N5O8. The molecule has 1 spiro atoms. The van der Waals surface area contributed by atoms with Gasteiger partial charge >= 0.3 is 5.97 Å². The molecule has 4 aliphatic rings. The third-order valence-corrected chi connectivity index (χ3v) is 9.41. The lowest BCUT2D eigenvalue weighted by atomic mass is 9.50. The number of aromatic amines is 1. The summed E-state index contributed by atoms with van der Waals surface area (Å²) in [7, 11) is 3.59. The minimum absolute atomic E-state index is 0.0123. The van der Waals surface area contributed by atoms with Crippen molar-refractivity contribution in [2.24, 2.45) is 0 Å². The summed E-state index contributed by atoms with van der Waals surface area (Å²) < 4.78 is 18.3. The number of piperidine rings is 1. The number of hydrogen-bond acceptors (Lipinski definition) is 10. The van der Waals surface area contributed by atoms with E-state index < -0.39 is 47.0 Å². The van der Waals surface area contributed by atoms with Gasteiger partial charge in [0.2, 0.25) is 11.8 Å². The Hall–Kier alpha value is -3.94. The first-order chi connectivity index (χ1) is 20.6. The van der Waals surface area contributed by atoms with Crippen molar-refractivity contribution in [1.82, 2.24) is 25.5 Å². The van der Waals surface area contributed by atoms with Gasteiger partial charge in [-0.3, -0.25) is 9.59 Å². The number of aromatic nitrogens is 2. The Balaban J connectivity index is 1.26. The fourth-order valence-electron chi connectivity index (χ4n) is 7.30. The number of H-pyrrole nitrogens is 1. The Morgan fingerprint density at radius 2 is 2.14 bits per heavy atom. The van der Waals surface area contributed by atoms with E-state index in [9.17, 15) is 24.6 Å². The van der Waals surface area contributed by atoms with E-state index in [2.05, 4.69) is 25.5 Å². The molecule has 43 heavy (non-hydrogen) atoms. The molecule has 13 nitrogen and oxygen atoms in total. The molecule has 2 aliphatic carbocycles. The van der Waals surface area contributed by atoms with Crippen molar-refractivity contribution < 1.29 is 38.8 Å². The van der Waals surface area contributed by atoms with Gasteiger partial charge in [0.25, 0.3) is 0 Å². The van der Waals surface area contributed by atoms with Crippen LogP contribution < -0.4 is 20.1 Å². The Morgan fingerprint density at radius 1 is 1.33 bits per heavy atom. The smallest absolute Gasteiger partial charge is 0.334 e. The molecule has 2 aliphatic heterocycles. The van der Waals surface area contributed by atoms with Gasteiger partial charge in [-0.1, -0.05) is 6.07 Å². The van der Waals surface area contributed by atoms with E-state index in [1.807, 2.05) is 19.2 Å². The van der Waals surface area contributed by atoms with Crippen LogP contribution in [0.5, 0.6) is 11.5 Å². The normalized spacial score (nSPS) is 28.1. The topological polar surface area (TPSA) is 175 Å². The van der Waals surface area contributed by atoms with Crippen LogP contribution in [0.1, 0.15) is 43.0 Å². The van der Waals surface area contributed by atoms with E-state index in [1.54, 1.807) is 19.4 Å². The lowest BCUT2D eigenvalue weighted by Crippen LogP contribution is -2.74. The highest BCUT2D eigenvalue weighted by atomic mass is 16.6. The second kappa shape index (κ2) is 11.0. The zero-order chi connectivity index (χ0) is 30.5. The van der Waals surface area contributed by atoms with E-state index in [1.165, 1.54) is 13.3 Å². The quantitative estimate of drug-likeness (QED) is 0.232. The summed E-state index contributed by atoms with van der Waals surface area (Å²) in [4.78, 5) is 47.3. The molecule has 0 radical (unpaired) electrons. The molecule has 230 valence electrons. The number of nitrogens with zero attached hydrogens (tertiary/aromatic N) is 2. The van der Waals surface area contributed by atoms with Gasteiger partial charge in [0, 0.05) is 49.3 Å². The fraction of sp³-hybridized carbons (Fsp3) is 0.533. The van der Waals surface area contributed by atoms with Crippen molar-refractivity contribution in [3.63, 3.8) is 0 Å². The van der Waals surface area contributed by atoms with Crippen LogP contribution in [0.3, 0.4) is 0 Å². The summed E-state index contributed by atoms with van der Waals surface area (Å²) in [6, 6.07) is 2.68. The zero-order valence-corrected chi connectivity index (χ0v) is 24.4. The Bertz CT molecular complexity index is 1460. The molecule has 6 rings (SSSR count). The number of carbonyl (C=O) groups excluding carboxylic acids is 3. The Kier molecular flexibility index (Phi) is 7.43. The van der Waals surface area contributed by atoms with E-state index in [0.29, 0.717) is 30.0 Å². The average molecular weight is 596 g/mol. The van der Waals surface area contributed by atoms with Gasteiger partial charge in [0.1, 0.15) is 17.9 Å². The first kappa shape index (κ1) is 29.1. The molecule has 1 aromatic carbocycles. The SMILES string of the molecule is COc1ccc2c3c1O[C@H]1C(OC(=O)[C@H](Cc4cnc[nH]4)NC(=O)CCNC(=O)[C@H](C)O)=CC[C@@]4(O)[C@H](C2)N(C)CC[C@]314. The van der Waals surface area contributed by atoms with E-state index in [-0.39, 0.29) is 37.6 Å². The largest absolute Gasteiger partial charge is 0.493 e. The number of nitrogens with one attached hydrogen (secondary N) is 3. The highest BCUT2D eigenvalue weighted by Crippen LogP contribution is 2.65. The average Bonchev–Trinajstić information content (AvgIpc) is 3.62. The number of aliphatic hydroxyl groups excluding tert-OH is 1. The molecule has 5 N–H and O–H groups in total. The fourth-order valence-corrected chi connectivity index (χ4v) is 7.30. The summed E-state index contributed by atoms with van der Waals surface area (Å²) in [5.74, 6) is -0.367. The molecule has 1 fully saturated rings. The predicted octanol–water partition coefficient (Wildman–Crippen LogP) is -0.146. The number of likely N-dealkylation sites (N-methyl/N-ethyl adjacent to an activating group) is 1. The van der Waals surface area contributed by atoms with Crippen molar-refractivity contribution in [3.05, 3.63) is 53.3 Å². The van der Waals surface area contributed by atoms with Gasteiger partial charge in [-0.05, 0) is 51.1 Å². The molecule has 3 heterocycles. The molecule has 2 amide bonds. The number of rotatable bonds is 10. The standard InChI is InChI=1S/C30H37N5O8/c1-16(36)27(38)32-10-7-23(37)34-19(13-18-14-31-15-33-18)28(39)42-21-6-8-30(40)22-12-17-4-5-20(41-3)25-24(17)29(30,26(21)43-25)9-11-35(22)2/h4-6,14-16,19,22,26,36,40H,7-13H2,1-3H3,(H,31,33)(H,32,38)(H,34,37)/t16-,19-,22-,26-,29-,30+/m0/s1. The molecule has 2 aromatic rings. The molecule has 2 bridgehead atoms. The van der Waals surface area contributed by atoms with Gasteiger partial charge in [-0.2, -0.15) is 0 Å². The van der Waals surface area contributed by atoms with Crippen molar-refractivity contribution in [2.75, 3.05) is 27.2 Å². The third-order valence-electron chi connectivity index (χ3n) is 9.41. The maximum absolute atomic E-state index is 13.7. The van der Waals surface area contributed by atoms with Crippen LogP contribution in [0.4, 0.5) is 0 Å². The number of benzene rings is 1. The molecule has 1 aromatic heterocycles. The molecule has 1 saturated heterocycles. The number of esters is 1. The summed E-state index contributed by atoms with van der Waals surface area (Å²) in [6.45, 7) is 2.05. The number of carbonyl (C=O) groups is 3. The number of aliphatic hydroxyl groups is 2. The van der Waals surface area contributed by atoms with Gasteiger partial charge < -0.3 is 44.9 Å². The lowest BCUT2D eigenvalue weighted by molar-refractivity contribution is -0.170. The number of amides is 2. The van der Waals surface area contributed by atoms with Crippen LogP contribution >= 0.6 is 0 Å². The van der Waals surface area contributed by atoms with Crippen molar-refractivity contribution in [3.8, 4) is 11.5 Å².